The number of ether oxygens (including phenoxy) is 1. The number of carbonyl (C=O) groups is 1. The molecule has 0 bridgehead atoms. The number of aryl methyl sites for hydroxylation is 1. The summed E-state index contributed by atoms with van der Waals surface area (Å²) in [5.74, 6) is -0.312. The van der Waals surface area contributed by atoms with Gasteiger partial charge in [0.25, 0.3) is 0 Å². The third-order valence-electron chi connectivity index (χ3n) is 3.48. The van der Waals surface area contributed by atoms with Crippen LogP contribution in [0.25, 0.3) is 16.8 Å². The lowest BCUT2D eigenvalue weighted by atomic mass is 10.1. The lowest BCUT2D eigenvalue weighted by Crippen LogP contribution is -2.00. The van der Waals surface area contributed by atoms with Crippen LogP contribution in [0.3, 0.4) is 0 Å². The Bertz CT molecular complexity index is 769. The smallest absolute Gasteiger partial charge is 0.337 e. The molecule has 0 aliphatic rings. The molecular formula is C17H15NO2. The normalized spacial score (nSPS) is 10.7. The summed E-state index contributed by atoms with van der Waals surface area (Å²) in [5.41, 5.74) is 5.19. The molecule has 2 aromatic heterocycles. The Kier molecular flexibility index (Phi) is 3.03. The Morgan fingerprint density at radius 1 is 1.10 bits per heavy atom. The predicted octanol–water partition coefficient (Wildman–Crippen LogP) is 3.70. The first-order valence-corrected chi connectivity index (χ1v) is 6.46. The van der Waals surface area contributed by atoms with Gasteiger partial charge < -0.3 is 9.14 Å². The van der Waals surface area contributed by atoms with Crippen LogP contribution >= 0.6 is 0 Å². The van der Waals surface area contributed by atoms with Gasteiger partial charge in [-0.05, 0) is 48.4 Å². The van der Waals surface area contributed by atoms with Crippen LogP contribution in [0.5, 0.6) is 0 Å². The van der Waals surface area contributed by atoms with Gasteiger partial charge in [0.2, 0.25) is 0 Å². The van der Waals surface area contributed by atoms with E-state index in [1.165, 1.54) is 18.2 Å². The van der Waals surface area contributed by atoms with Crippen molar-refractivity contribution in [2.45, 2.75) is 6.92 Å². The molecule has 0 saturated heterocycles. The number of hydrogen-bond donors (Lipinski definition) is 0. The maximum Gasteiger partial charge on any atom is 0.337 e. The highest BCUT2D eigenvalue weighted by molar-refractivity contribution is 5.90. The summed E-state index contributed by atoms with van der Waals surface area (Å²) in [7, 11) is 1.39. The summed E-state index contributed by atoms with van der Waals surface area (Å²) in [6.45, 7) is 2.10. The highest BCUT2D eigenvalue weighted by Gasteiger charge is 2.09. The highest BCUT2D eigenvalue weighted by Crippen LogP contribution is 2.26. The molecule has 20 heavy (non-hydrogen) atoms. The minimum Gasteiger partial charge on any atom is -0.465 e. The second-order valence-corrected chi connectivity index (χ2v) is 4.74. The fraction of sp³-hybridized carbons (Fsp3) is 0.118. The van der Waals surface area contributed by atoms with E-state index in [4.69, 9.17) is 4.74 Å². The molecule has 1 aromatic carbocycles. The average molecular weight is 265 g/mol. The summed E-state index contributed by atoms with van der Waals surface area (Å²) >= 11 is 0. The minimum atomic E-state index is -0.312. The average Bonchev–Trinajstić information content (AvgIpc) is 2.84. The number of methoxy groups -OCH3 is 1. The van der Waals surface area contributed by atoms with Crippen molar-refractivity contribution in [1.82, 2.24) is 4.40 Å². The monoisotopic (exact) mass is 265 g/mol. The molecule has 0 spiro atoms. The van der Waals surface area contributed by atoms with Gasteiger partial charge in [-0.3, -0.25) is 0 Å². The summed E-state index contributed by atoms with van der Waals surface area (Å²) in [4.78, 5) is 11.5. The van der Waals surface area contributed by atoms with Crippen LogP contribution in [0.4, 0.5) is 0 Å². The molecule has 0 fully saturated rings. The fourth-order valence-electron chi connectivity index (χ4n) is 2.44. The number of fused-ring (bicyclic) bond motifs is 1. The molecule has 0 aliphatic heterocycles. The molecule has 3 rings (SSSR count). The van der Waals surface area contributed by atoms with E-state index in [1.54, 1.807) is 12.1 Å². The lowest BCUT2D eigenvalue weighted by molar-refractivity contribution is 0.0601. The first-order chi connectivity index (χ1) is 9.70. The van der Waals surface area contributed by atoms with Crippen LogP contribution in [-0.2, 0) is 4.74 Å². The molecule has 0 radical (unpaired) electrons. The van der Waals surface area contributed by atoms with E-state index in [0.717, 1.165) is 11.3 Å². The van der Waals surface area contributed by atoms with Gasteiger partial charge in [0.15, 0.2) is 0 Å². The quantitative estimate of drug-likeness (QED) is 0.661. The zero-order valence-electron chi connectivity index (χ0n) is 11.5. The molecular weight excluding hydrogens is 250 g/mol. The summed E-state index contributed by atoms with van der Waals surface area (Å²) in [6, 6.07) is 15.8. The van der Waals surface area contributed by atoms with Gasteiger partial charge >= 0.3 is 5.97 Å². The summed E-state index contributed by atoms with van der Waals surface area (Å²) < 4.78 is 6.87. The van der Waals surface area contributed by atoms with Crippen LogP contribution in [-0.4, -0.2) is 17.5 Å². The number of carbonyl (C=O) groups excluding carboxylic acids is 1. The molecule has 3 aromatic rings. The standard InChI is InChI=1S/C17H15NO2/c1-12-11-16(18-10-4-3-5-15(12)18)13-6-8-14(9-7-13)17(19)20-2/h3-11H,1-2H3. The number of hydrogen-bond acceptors (Lipinski definition) is 2. The van der Waals surface area contributed by atoms with E-state index in [-0.39, 0.29) is 5.97 Å². The van der Waals surface area contributed by atoms with Crippen LogP contribution in [0.2, 0.25) is 0 Å². The first-order valence-electron chi connectivity index (χ1n) is 6.46. The van der Waals surface area contributed by atoms with E-state index in [1.807, 2.05) is 30.5 Å². The topological polar surface area (TPSA) is 30.7 Å². The maximum absolute atomic E-state index is 11.5. The Hall–Kier alpha value is -2.55. The fourth-order valence-corrected chi connectivity index (χ4v) is 2.44. The molecule has 0 aliphatic carbocycles. The molecule has 3 nitrogen and oxygen atoms in total. The number of rotatable bonds is 2. The van der Waals surface area contributed by atoms with Gasteiger partial charge in [0.05, 0.1) is 18.4 Å². The Labute approximate surface area is 117 Å². The second kappa shape index (κ2) is 4.85. The summed E-state index contributed by atoms with van der Waals surface area (Å²) in [6.07, 6.45) is 2.05. The molecule has 0 amide bonds. The minimum absolute atomic E-state index is 0.312. The van der Waals surface area contributed by atoms with Gasteiger partial charge in [-0.2, -0.15) is 0 Å². The third kappa shape index (κ3) is 1.97. The van der Waals surface area contributed by atoms with Gasteiger partial charge in [-0.25, -0.2) is 4.79 Å². The molecule has 3 heteroatoms. The Balaban J connectivity index is 2.09. The molecule has 2 heterocycles. The van der Waals surface area contributed by atoms with Gasteiger partial charge in [-0.15, -0.1) is 0 Å². The second-order valence-electron chi connectivity index (χ2n) is 4.74. The van der Waals surface area contributed by atoms with Crippen molar-refractivity contribution >= 4 is 11.5 Å². The van der Waals surface area contributed by atoms with Crippen LogP contribution < -0.4 is 0 Å². The largest absolute Gasteiger partial charge is 0.465 e. The Morgan fingerprint density at radius 2 is 1.85 bits per heavy atom. The van der Waals surface area contributed by atoms with E-state index < -0.39 is 0 Å². The van der Waals surface area contributed by atoms with E-state index >= 15 is 0 Å². The van der Waals surface area contributed by atoms with Crippen LogP contribution in [0.1, 0.15) is 15.9 Å². The third-order valence-corrected chi connectivity index (χ3v) is 3.48. The van der Waals surface area contributed by atoms with E-state index in [9.17, 15) is 4.79 Å². The van der Waals surface area contributed by atoms with Gasteiger partial charge in [0.1, 0.15) is 0 Å². The molecule has 100 valence electrons. The van der Waals surface area contributed by atoms with Gasteiger partial charge in [0, 0.05) is 11.7 Å². The molecule has 0 atom stereocenters. The highest BCUT2D eigenvalue weighted by atomic mass is 16.5. The van der Waals surface area contributed by atoms with Crippen molar-refractivity contribution in [3.05, 3.63) is 65.9 Å². The van der Waals surface area contributed by atoms with Crippen molar-refractivity contribution in [2.75, 3.05) is 7.11 Å². The summed E-state index contributed by atoms with van der Waals surface area (Å²) in [5, 5.41) is 0. The number of esters is 1. The van der Waals surface area contributed by atoms with Crippen LogP contribution in [0.15, 0.2) is 54.7 Å². The zero-order chi connectivity index (χ0) is 14.1. The maximum atomic E-state index is 11.5. The molecule has 0 saturated carbocycles. The lowest BCUT2D eigenvalue weighted by Gasteiger charge is -2.04. The first kappa shape index (κ1) is 12.5. The van der Waals surface area contributed by atoms with Crippen molar-refractivity contribution in [2.24, 2.45) is 0 Å². The van der Waals surface area contributed by atoms with E-state index in [2.05, 4.69) is 23.5 Å². The number of nitrogens with zero attached hydrogens (tertiary/aromatic N) is 1. The van der Waals surface area contributed by atoms with E-state index in [0.29, 0.717) is 5.56 Å². The van der Waals surface area contributed by atoms with Crippen molar-refractivity contribution in [3.63, 3.8) is 0 Å². The SMILES string of the molecule is COC(=O)c1ccc(-c2cc(C)c3ccccn23)cc1. The number of aromatic nitrogens is 1. The molecule has 0 N–H and O–H groups in total. The van der Waals surface area contributed by atoms with Crippen molar-refractivity contribution in [3.8, 4) is 11.3 Å². The number of pyridine rings is 1. The zero-order valence-corrected chi connectivity index (χ0v) is 11.5. The van der Waals surface area contributed by atoms with Crippen LogP contribution in [0, 0.1) is 6.92 Å². The predicted molar refractivity (Wildman–Crippen MR) is 78.9 cm³/mol. The van der Waals surface area contributed by atoms with Crippen molar-refractivity contribution in [1.29, 1.82) is 0 Å². The molecule has 0 unspecified atom stereocenters. The van der Waals surface area contributed by atoms with Crippen molar-refractivity contribution < 1.29 is 9.53 Å². The van der Waals surface area contributed by atoms with Gasteiger partial charge in [-0.1, -0.05) is 18.2 Å². The number of benzene rings is 1. The Morgan fingerprint density at radius 3 is 2.55 bits per heavy atom.